The predicted octanol–water partition coefficient (Wildman–Crippen LogP) is 0.848. The number of nitrogens with two attached hydrogens (primary N) is 4. The molecule has 2 aromatic carbocycles. The van der Waals surface area contributed by atoms with Crippen molar-refractivity contribution in [3.05, 3.63) is 36.4 Å². The number of hydrogen-bond acceptors (Lipinski definition) is 6. The van der Waals surface area contributed by atoms with Crippen LogP contribution in [0.1, 0.15) is 0 Å². The Hall–Kier alpha value is -2.41. The van der Waals surface area contributed by atoms with Gasteiger partial charge in [-0.1, -0.05) is 0 Å². The summed E-state index contributed by atoms with van der Waals surface area (Å²) in [4.78, 5) is 0.117. The fourth-order valence-corrected chi connectivity index (χ4v) is 2.91. The van der Waals surface area contributed by atoms with Gasteiger partial charge >= 0.3 is 0 Å². The van der Waals surface area contributed by atoms with Gasteiger partial charge in [-0.2, -0.15) is 0 Å². The van der Waals surface area contributed by atoms with E-state index in [-0.39, 0.29) is 21.2 Å². The van der Waals surface area contributed by atoms with Crippen LogP contribution < -0.4 is 22.9 Å². The molecule has 7 heteroatoms. The summed E-state index contributed by atoms with van der Waals surface area (Å²) in [5, 5.41) is 0. The summed E-state index contributed by atoms with van der Waals surface area (Å²) in [5.74, 6) is 0. The monoisotopic (exact) mass is 278 g/mol. The summed E-state index contributed by atoms with van der Waals surface area (Å²) in [6.07, 6.45) is 0. The minimum absolute atomic E-state index is 0.0587. The lowest BCUT2D eigenvalue weighted by molar-refractivity contribution is 0.596. The van der Waals surface area contributed by atoms with Crippen LogP contribution in [0.3, 0.4) is 0 Å². The molecule has 8 N–H and O–H groups in total. The van der Waals surface area contributed by atoms with E-state index in [1.54, 1.807) is 0 Å². The summed E-state index contributed by atoms with van der Waals surface area (Å²) in [5.41, 5.74) is 23.4. The molecular weight excluding hydrogens is 264 g/mol. The Labute approximate surface area is 110 Å². The normalized spacial score (nSPS) is 11.4. The Balaban J connectivity index is 2.58. The van der Waals surface area contributed by atoms with Crippen LogP contribution >= 0.6 is 0 Å². The fraction of sp³-hybridized carbons (Fsp3) is 0. The highest BCUT2D eigenvalue weighted by Gasteiger charge is 2.19. The second-order valence-electron chi connectivity index (χ2n) is 4.08. The Morgan fingerprint density at radius 2 is 1.00 bits per heavy atom. The van der Waals surface area contributed by atoms with E-state index < -0.39 is 9.84 Å². The molecule has 0 saturated heterocycles. The first-order chi connectivity index (χ1) is 8.82. The molecule has 19 heavy (non-hydrogen) atoms. The molecule has 0 aliphatic carbocycles. The Morgan fingerprint density at radius 3 is 1.32 bits per heavy atom. The number of anilines is 4. The highest BCUT2D eigenvalue weighted by atomic mass is 32.2. The van der Waals surface area contributed by atoms with Crippen molar-refractivity contribution < 1.29 is 8.42 Å². The molecule has 0 fully saturated rings. The van der Waals surface area contributed by atoms with Gasteiger partial charge in [-0.3, -0.25) is 0 Å². The average Bonchev–Trinajstić information content (AvgIpc) is 2.35. The van der Waals surface area contributed by atoms with Crippen LogP contribution in [0.25, 0.3) is 0 Å². The van der Waals surface area contributed by atoms with Crippen molar-refractivity contribution in [1.29, 1.82) is 0 Å². The zero-order valence-corrected chi connectivity index (χ0v) is 10.8. The van der Waals surface area contributed by atoms with Crippen molar-refractivity contribution >= 4 is 32.6 Å². The molecule has 2 rings (SSSR count). The molecule has 0 aliphatic rings. The maximum atomic E-state index is 12.4. The predicted molar refractivity (Wildman–Crippen MR) is 76.0 cm³/mol. The molecule has 0 heterocycles. The van der Waals surface area contributed by atoms with Crippen LogP contribution in [0.5, 0.6) is 0 Å². The van der Waals surface area contributed by atoms with Crippen molar-refractivity contribution in [1.82, 2.24) is 0 Å². The lowest BCUT2D eigenvalue weighted by Gasteiger charge is -2.08. The average molecular weight is 278 g/mol. The number of sulfone groups is 1. The zero-order chi connectivity index (χ0) is 14.2. The molecule has 0 bridgehead atoms. The fourth-order valence-electron chi connectivity index (χ4n) is 1.58. The summed E-state index contributed by atoms with van der Waals surface area (Å²) in [6.45, 7) is 0. The Morgan fingerprint density at radius 1 is 0.632 bits per heavy atom. The number of hydrogen-bond donors (Lipinski definition) is 4. The van der Waals surface area contributed by atoms with E-state index in [0.717, 1.165) is 0 Å². The van der Waals surface area contributed by atoms with Crippen molar-refractivity contribution in [3.8, 4) is 0 Å². The van der Waals surface area contributed by atoms with Gasteiger partial charge in [0.25, 0.3) is 0 Å². The van der Waals surface area contributed by atoms with Gasteiger partial charge < -0.3 is 22.9 Å². The smallest absolute Gasteiger partial charge is 0.206 e. The van der Waals surface area contributed by atoms with Gasteiger partial charge in [0.15, 0.2) is 0 Å². The van der Waals surface area contributed by atoms with Crippen LogP contribution in [0.2, 0.25) is 0 Å². The van der Waals surface area contributed by atoms with Crippen LogP contribution in [-0.2, 0) is 9.84 Å². The molecule has 2 aromatic rings. The minimum atomic E-state index is -3.69. The Bertz CT molecular complexity index is 684. The van der Waals surface area contributed by atoms with Gasteiger partial charge in [0.05, 0.1) is 32.5 Å². The largest absolute Gasteiger partial charge is 0.397 e. The standard InChI is InChI=1S/C12H14N4O2S/c13-9-3-1-7(5-11(9)15)19(17,18)8-2-4-10(14)12(16)6-8/h1-6H,13-16H2. The van der Waals surface area contributed by atoms with Crippen LogP contribution in [0.4, 0.5) is 22.7 Å². The van der Waals surface area contributed by atoms with Crippen molar-refractivity contribution in [3.63, 3.8) is 0 Å². The van der Waals surface area contributed by atoms with E-state index >= 15 is 0 Å². The van der Waals surface area contributed by atoms with Gasteiger partial charge in [-0.15, -0.1) is 0 Å². The molecule has 0 spiro atoms. The first-order valence-corrected chi connectivity index (χ1v) is 6.86. The van der Waals surface area contributed by atoms with Gasteiger partial charge in [-0.25, -0.2) is 8.42 Å². The van der Waals surface area contributed by atoms with E-state index in [4.69, 9.17) is 22.9 Å². The van der Waals surface area contributed by atoms with E-state index in [1.165, 1.54) is 36.4 Å². The maximum absolute atomic E-state index is 12.4. The molecule has 0 radical (unpaired) electrons. The van der Waals surface area contributed by atoms with E-state index in [9.17, 15) is 8.42 Å². The lowest BCUT2D eigenvalue weighted by atomic mass is 10.3. The number of rotatable bonds is 2. The third-order valence-corrected chi connectivity index (χ3v) is 4.49. The van der Waals surface area contributed by atoms with Gasteiger partial charge in [0.2, 0.25) is 9.84 Å². The molecule has 100 valence electrons. The highest BCUT2D eigenvalue weighted by Crippen LogP contribution is 2.28. The third kappa shape index (κ3) is 2.27. The maximum Gasteiger partial charge on any atom is 0.206 e. The van der Waals surface area contributed by atoms with E-state index in [1.807, 2.05) is 0 Å². The molecular formula is C12H14N4O2S. The molecule has 6 nitrogen and oxygen atoms in total. The quantitative estimate of drug-likeness (QED) is 0.601. The van der Waals surface area contributed by atoms with E-state index in [2.05, 4.69) is 0 Å². The number of nitrogen functional groups attached to an aromatic ring is 4. The summed E-state index contributed by atoms with van der Waals surface area (Å²) in [6, 6.07) is 8.32. The van der Waals surface area contributed by atoms with Crippen molar-refractivity contribution in [2.45, 2.75) is 9.79 Å². The number of benzene rings is 2. The first-order valence-electron chi connectivity index (χ1n) is 5.37. The molecule has 0 unspecified atom stereocenters. The van der Waals surface area contributed by atoms with Gasteiger partial charge in [-0.05, 0) is 36.4 Å². The second kappa shape index (κ2) is 4.36. The second-order valence-corrected chi connectivity index (χ2v) is 6.03. The van der Waals surface area contributed by atoms with Crippen molar-refractivity contribution in [2.75, 3.05) is 22.9 Å². The molecule has 0 atom stereocenters. The Kier molecular flexibility index (Phi) is 2.99. The molecule has 0 aromatic heterocycles. The topological polar surface area (TPSA) is 138 Å². The van der Waals surface area contributed by atoms with E-state index in [0.29, 0.717) is 11.4 Å². The van der Waals surface area contributed by atoms with Crippen LogP contribution in [-0.4, -0.2) is 8.42 Å². The van der Waals surface area contributed by atoms with Gasteiger partial charge in [0.1, 0.15) is 0 Å². The molecule has 0 aliphatic heterocycles. The SMILES string of the molecule is Nc1ccc(S(=O)(=O)c2ccc(N)c(N)c2)cc1N. The highest BCUT2D eigenvalue weighted by molar-refractivity contribution is 7.91. The summed E-state index contributed by atoms with van der Waals surface area (Å²) >= 11 is 0. The minimum Gasteiger partial charge on any atom is -0.397 e. The molecule has 0 amide bonds. The third-order valence-electron chi connectivity index (χ3n) is 2.74. The first kappa shape index (κ1) is 13.0. The lowest BCUT2D eigenvalue weighted by Crippen LogP contribution is -2.05. The van der Waals surface area contributed by atoms with Crippen molar-refractivity contribution in [2.24, 2.45) is 0 Å². The van der Waals surface area contributed by atoms with Gasteiger partial charge in [0, 0.05) is 0 Å². The van der Waals surface area contributed by atoms with Crippen LogP contribution in [0, 0.1) is 0 Å². The van der Waals surface area contributed by atoms with Crippen LogP contribution in [0.15, 0.2) is 46.2 Å². The zero-order valence-electron chi connectivity index (χ0n) is 10.00. The summed E-state index contributed by atoms with van der Waals surface area (Å²) in [7, 11) is -3.69. The molecule has 0 saturated carbocycles. The summed E-state index contributed by atoms with van der Waals surface area (Å²) < 4.78 is 24.7.